The molecule has 0 heterocycles. The number of quaternary nitrogens is 2. The lowest BCUT2D eigenvalue weighted by Crippen LogP contribution is -2.46. The van der Waals surface area contributed by atoms with E-state index in [1.54, 1.807) is 0 Å². The maximum absolute atomic E-state index is 2.23. The summed E-state index contributed by atoms with van der Waals surface area (Å²) in [5.41, 5.74) is 0. The highest BCUT2D eigenvalue weighted by atomic mass is 16.0. The number of rotatable bonds is 3. The second-order valence-corrected chi connectivity index (χ2v) is 5.03. The van der Waals surface area contributed by atoms with Crippen LogP contribution in [0.3, 0.4) is 0 Å². The fraction of sp³-hybridized carbons (Fsp3) is 1.00. The summed E-state index contributed by atoms with van der Waals surface area (Å²) in [6, 6.07) is 0. The second kappa shape index (κ2) is 5.48. The maximum Gasteiger partial charge on any atom is 0.128 e. The molecule has 2 N–H and O–H groups in total. The van der Waals surface area contributed by atoms with Gasteiger partial charge in [-0.15, -0.1) is 0 Å². The SMILES string of the molecule is C[N+](C)(C)CC[N+](C)(C)C.[OH-].[OH-]. The molecule has 0 aliphatic rings. The highest BCUT2D eigenvalue weighted by Crippen LogP contribution is 1.94. The van der Waals surface area contributed by atoms with Crippen molar-refractivity contribution in [3.05, 3.63) is 0 Å². The predicted molar refractivity (Wildman–Crippen MR) is 49.7 cm³/mol. The third-order valence-corrected chi connectivity index (χ3v) is 1.44. The van der Waals surface area contributed by atoms with Crippen LogP contribution in [0.2, 0.25) is 0 Å². The molecule has 0 fully saturated rings. The van der Waals surface area contributed by atoms with Crippen LogP contribution in [0, 0.1) is 0 Å². The number of hydrogen-bond donors (Lipinski definition) is 0. The topological polar surface area (TPSA) is 60.0 Å². The summed E-state index contributed by atoms with van der Waals surface area (Å²) in [5, 5.41) is 0. The van der Waals surface area contributed by atoms with Gasteiger partial charge in [0.05, 0.1) is 42.3 Å². The van der Waals surface area contributed by atoms with E-state index in [1.807, 2.05) is 0 Å². The van der Waals surface area contributed by atoms with Crippen LogP contribution in [0.1, 0.15) is 0 Å². The van der Waals surface area contributed by atoms with E-state index in [0.717, 1.165) is 8.97 Å². The van der Waals surface area contributed by atoms with Crippen LogP contribution in [-0.4, -0.2) is 75.3 Å². The zero-order valence-electron chi connectivity index (χ0n) is 9.20. The van der Waals surface area contributed by atoms with Gasteiger partial charge in [0.1, 0.15) is 13.1 Å². The summed E-state index contributed by atoms with van der Waals surface area (Å²) >= 11 is 0. The molecule has 0 bridgehead atoms. The molecular weight excluding hydrogens is 156 g/mol. The molecule has 0 rings (SSSR count). The first-order valence-corrected chi connectivity index (χ1v) is 3.82. The second-order valence-electron chi connectivity index (χ2n) is 5.03. The molecule has 0 atom stereocenters. The molecule has 0 unspecified atom stereocenters. The van der Waals surface area contributed by atoms with Gasteiger partial charge in [-0.25, -0.2) is 0 Å². The normalized spacial score (nSPS) is 11.5. The van der Waals surface area contributed by atoms with Crippen molar-refractivity contribution >= 4 is 0 Å². The van der Waals surface area contributed by atoms with E-state index in [1.165, 1.54) is 13.1 Å². The molecule has 0 aromatic carbocycles. The molecule has 0 saturated heterocycles. The van der Waals surface area contributed by atoms with Crippen LogP contribution >= 0.6 is 0 Å². The van der Waals surface area contributed by atoms with E-state index in [0.29, 0.717) is 0 Å². The summed E-state index contributed by atoms with van der Waals surface area (Å²) in [5.74, 6) is 0. The lowest BCUT2D eigenvalue weighted by molar-refractivity contribution is -0.927. The third-order valence-electron chi connectivity index (χ3n) is 1.44. The van der Waals surface area contributed by atoms with Gasteiger partial charge in [0.25, 0.3) is 0 Å². The largest absolute Gasteiger partial charge is 0.870 e. The van der Waals surface area contributed by atoms with E-state index in [-0.39, 0.29) is 11.0 Å². The fourth-order valence-electron chi connectivity index (χ4n) is 0.600. The highest BCUT2D eigenvalue weighted by molar-refractivity contribution is 4.26. The van der Waals surface area contributed by atoms with Crippen LogP contribution in [0.4, 0.5) is 0 Å². The van der Waals surface area contributed by atoms with Crippen LogP contribution in [0.25, 0.3) is 0 Å². The molecule has 0 aromatic rings. The van der Waals surface area contributed by atoms with Gasteiger partial charge in [-0.2, -0.15) is 0 Å². The Labute approximate surface area is 76.2 Å². The van der Waals surface area contributed by atoms with Gasteiger partial charge in [-0.1, -0.05) is 0 Å². The van der Waals surface area contributed by atoms with Crippen molar-refractivity contribution in [2.45, 2.75) is 0 Å². The molecule has 0 amide bonds. The third kappa shape index (κ3) is 16.4. The van der Waals surface area contributed by atoms with Crippen molar-refractivity contribution in [2.24, 2.45) is 0 Å². The first-order valence-electron chi connectivity index (χ1n) is 3.82. The Kier molecular flexibility index (Phi) is 8.13. The molecule has 0 aliphatic carbocycles. The minimum atomic E-state index is 0. The smallest absolute Gasteiger partial charge is 0.128 e. The minimum absolute atomic E-state index is 0. The Morgan fingerprint density at radius 3 is 0.833 bits per heavy atom. The Balaban J connectivity index is -0.000000405. The van der Waals surface area contributed by atoms with E-state index >= 15 is 0 Å². The summed E-state index contributed by atoms with van der Waals surface area (Å²) in [6.07, 6.45) is 0. The zero-order valence-corrected chi connectivity index (χ0v) is 9.20. The zero-order chi connectivity index (χ0) is 8.41. The summed E-state index contributed by atoms with van der Waals surface area (Å²) < 4.78 is 2.13. The average Bonchev–Trinajstić information content (AvgIpc) is 1.57. The molecule has 0 radical (unpaired) electrons. The van der Waals surface area contributed by atoms with Crippen LogP contribution in [-0.2, 0) is 0 Å². The molecular formula is C8H24N2O2. The van der Waals surface area contributed by atoms with Crippen molar-refractivity contribution in [2.75, 3.05) is 55.4 Å². The lowest BCUT2D eigenvalue weighted by Gasteiger charge is -2.30. The van der Waals surface area contributed by atoms with Gasteiger partial charge >= 0.3 is 0 Å². The first-order chi connectivity index (χ1) is 4.21. The summed E-state index contributed by atoms with van der Waals surface area (Å²) in [4.78, 5) is 0. The Morgan fingerprint density at radius 1 is 0.583 bits per heavy atom. The van der Waals surface area contributed by atoms with Gasteiger partial charge in [-0.3, -0.25) is 0 Å². The molecule has 0 saturated carbocycles. The molecule has 0 aromatic heterocycles. The molecule has 0 aliphatic heterocycles. The summed E-state index contributed by atoms with van der Waals surface area (Å²) in [6.45, 7) is 2.48. The van der Waals surface area contributed by atoms with Crippen molar-refractivity contribution in [1.82, 2.24) is 0 Å². The Hall–Kier alpha value is -0.160. The van der Waals surface area contributed by atoms with Crippen LogP contribution in [0.15, 0.2) is 0 Å². The van der Waals surface area contributed by atoms with Crippen LogP contribution in [0.5, 0.6) is 0 Å². The van der Waals surface area contributed by atoms with Crippen LogP contribution < -0.4 is 0 Å². The maximum atomic E-state index is 2.23. The van der Waals surface area contributed by atoms with Gasteiger partial charge in [-0.05, 0) is 0 Å². The van der Waals surface area contributed by atoms with E-state index in [4.69, 9.17) is 0 Å². The van der Waals surface area contributed by atoms with Crippen molar-refractivity contribution < 1.29 is 19.9 Å². The highest BCUT2D eigenvalue weighted by Gasteiger charge is 2.13. The van der Waals surface area contributed by atoms with Gasteiger partial charge in [0.2, 0.25) is 0 Å². The Bertz CT molecular complexity index is 88.6. The minimum Gasteiger partial charge on any atom is -0.870 e. The van der Waals surface area contributed by atoms with E-state index in [2.05, 4.69) is 42.3 Å². The number of likely N-dealkylation sites (N-methyl/N-ethyl adjacent to an activating group) is 2. The number of nitrogens with zero attached hydrogens (tertiary/aromatic N) is 2. The van der Waals surface area contributed by atoms with E-state index in [9.17, 15) is 0 Å². The molecule has 78 valence electrons. The van der Waals surface area contributed by atoms with Gasteiger partial charge in [0, 0.05) is 0 Å². The predicted octanol–water partition coefficient (Wildman–Crippen LogP) is 0.0452. The molecule has 4 nitrogen and oxygen atoms in total. The first kappa shape index (κ1) is 17.8. The lowest BCUT2D eigenvalue weighted by atomic mass is 10.4. The summed E-state index contributed by atoms with van der Waals surface area (Å²) in [7, 11) is 13.4. The van der Waals surface area contributed by atoms with Crippen molar-refractivity contribution in [1.29, 1.82) is 0 Å². The Morgan fingerprint density at radius 2 is 0.750 bits per heavy atom. The van der Waals surface area contributed by atoms with Gasteiger partial charge < -0.3 is 19.9 Å². The molecule has 4 heteroatoms. The molecule has 0 spiro atoms. The molecule has 12 heavy (non-hydrogen) atoms. The van der Waals surface area contributed by atoms with E-state index < -0.39 is 0 Å². The quantitative estimate of drug-likeness (QED) is 0.576. The number of hydrogen-bond acceptors (Lipinski definition) is 2. The fourth-order valence-corrected chi connectivity index (χ4v) is 0.600. The average molecular weight is 180 g/mol. The van der Waals surface area contributed by atoms with Crippen molar-refractivity contribution in [3.63, 3.8) is 0 Å². The van der Waals surface area contributed by atoms with Crippen molar-refractivity contribution in [3.8, 4) is 0 Å². The standard InChI is InChI=1S/C8H22N2.2H2O/c1-9(2,3)7-8-10(4,5)6;;/h7-8H2,1-6H3;2*1H2/q+2;;/p-2. The monoisotopic (exact) mass is 180 g/mol. The van der Waals surface area contributed by atoms with Gasteiger partial charge in [0.15, 0.2) is 0 Å².